The molecule has 0 aromatic heterocycles. The van der Waals surface area contributed by atoms with Crippen molar-refractivity contribution in [3.05, 3.63) is 47.5 Å². The summed E-state index contributed by atoms with van der Waals surface area (Å²) in [5.41, 5.74) is 2.52. The largest absolute Gasteiger partial charge is 0.371 e. The summed E-state index contributed by atoms with van der Waals surface area (Å²) in [5.74, 6) is -0.0702. The minimum Gasteiger partial charge on any atom is -0.371 e. The van der Waals surface area contributed by atoms with Crippen molar-refractivity contribution in [3.8, 4) is 0 Å². The first-order valence-corrected chi connectivity index (χ1v) is 5.91. The fraction of sp³-hybridized carbons (Fsp3) is 0.357. The molecule has 1 aliphatic heterocycles. The number of ether oxygens (including phenoxy) is 1. The van der Waals surface area contributed by atoms with Crippen molar-refractivity contribution in [2.45, 2.75) is 19.4 Å². The lowest BCUT2D eigenvalue weighted by atomic mass is 9.97. The summed E-state index contributed by atoms with van der Waals surface area (Å²) in [6, 6.07) is 8.24. The summed E-state index contributed by atoms with van der Waals surface area (Å²) in [4.78, 5) is 11.3. The fourth-order valence-corrected chi connectivity index (χ4v) is 2.05. The molecular weight excluding hydrogens is 214 g/mol. The van der Waals surface area contributed by atoms with E-state index in [9.17, 15) is 4.79 Å². The van der Waals surface area contributed by atoms with Gasteiger partial charge in [-0.3, -0.25) is 4.79 Å². The molecule has 1 aromatic carbocycles. The van der Waals surface area contributed by atoms with Crippen LogP contribution in [0.4, 0.5) is 0 Å². The van der Waals surface area contributed by atoms with Crippen LogP contribution >= 0.6 is 0 Å². The minimum atomic E-state index is -0.0702. The van der Waals surface area contributed by atoms with Gasteiger partial charge >= 0.3 is 0 Å². The zero-order valence-electron chi connectivity index (χ0n) is 9.98. The molecule has 3 heteroatoms. The third-order valence-electron chi connectivity index (χ3n) is 2.87. The Hall–Kier alpha value is -1.61. The first-order valence-electron chi connectivity index (χ1n) is 5.91. The van der Waals surface area contributed by atoms with Gasteiger partial charge in [-0.05, 0) is 30.5 Å². The number of hydrogen-bond donors (Lipinski definition) is 1. The Morgan fingerprint density at radius 1 is 1.53 bits per heavy atom. The van der Waals surface area contributed by atoms with Crippen molar-refractivity contribution in [2.24, 2.45) is 0 Å². The van der Waals surface area contributed by atoms with Crippen molar-refractivity contribution >= 4 is 5.91 Å². The molecule has 1 N–H and O–H groups in total. The summed E-state index contributed by atoms with van der Waals surface area (Å²) >= 11 is 0. The van der Waals surface area contributed by atoms with Crippen LogP contribution in [0.25, 0.3) is 0 Å². The van der Waals surface area contributed by atoms with E-state index in [0.717, 1.165) is 13.0 Å². The predicted octanol–water partition coefficient (Wildman–Crippen LogP) is 1.99. The maximum atomic E-state index is 11.3. The van der Waals surface area contributed by atoms with Gasteiger partial charge in [-0.15, -0.1) is 0 Å². The molecule has 0 saturated carbocycles. The molecule has 1 aliphatic rings. The van der Waals surface area contributed by atoms with E-state index in [2.05, 4.69) is 17.4 Å². The lowest BCUT2D eigenvalue weighted by Crippen LogP contribution is -2.30. The second kappa shape index (κ2) is 5.64. The van der Waals surface area contributed by atoms with E-state index in [-0.39, 0.29) is 12.0 Å². The van der Waals surface area contributed by atoms with Gasteiger partial charge in [0.2, 0.25) is 5.91 Å². The molecule has 1 unspecified atom stereocenters. The lowest BCUT2D eigenvalue weighted by molar-refractivity contribution is -0.117. The highest BCUT2D eigenvalue weighted by Crippen LogP contribution is 2.25. The number of carbonyl (C=O) groups excluding carboxylic acids is 1. The van der Waals surface area contributed by atoms with Gasteiger partial charge in [0.25, 0.3) is 0 Å². The third kappa shape index (κ3) is 2.94. The van der Waals surface area contributed by atoms with Crippen molar-refractivity contribution in [3.63, 3.8) is 0 Å². The number of rotatable bonds is 3. The number of fused-ring (bicyclic) bond motifs is 1. The zero-order chi connectivity index (χ0) is 12.1. The molecule has 1 atom stereocenters. The summed E-state index contributed by atoms with van der Waals surface area (Å²) in [7, 11) is 0. The number of amides is 1. The highest BCUT2D eigenvalue weighted by Gasteiger charge is 2.20. The maximum absolute atomic E-state index is 11.3. The molecule has 1 amide bonds. The minimum absolute atomic E-state index is 0.0193. The van der Waals surface area contributed by atoms with Crippen LogP contribution in [0.15, 0.2) is 36.4 Å². The molecule has 0 radical (unpaired) electrons. The summed E-state index contributed by atoms with van der Waals surface area (Å²) in [5, 5.41) is 2.84. The Bertz CT molecular complexity index is 426. The van der Waals surface area contributed by atoms with Gasteiger partial charge in [-0.2, -0.15) is 0 Å². The Balaban J connectivity index is 2.01. The lowest BCUT2D eigenvalue weighted by Gasteiger charge is -2.26. The first-order chi connectivity index (χ1) is 8.31. The summed E-state index contributed by atoms with van der Waals surface area (Å²) < 4.78 is 5.69. The zero-order valence-corrected chi connectivity index (χ0v) is 9.98. The van der Waals surface area contributed by atoms with Gasteiger partial charge in [0.15, 0.2) is 0 Å². The highest BCUT2D eigenvalue weighted by atomic mass is 16.5. The molecule has 1 heterocycles. The Labute approximate surface area is 101 Å². The monoisotopic (exact) mass is 231 g/mol. The molecule has 0 saturated heterocycles. The van der Waals surface area contributed by atoms with E-state index in [4.69, 9.17) is 4.74 Å². The van der Waals surface area contributed by atoms with E-state index in [1.807, 2.05) is 19.1 Å². The quantitative estimate of drug-likeness (QED) is 0.808. The molecule has 2 rings (SSSR count). The normalized spacial score (nSPS) is 19.0. The van der Waals surface area contributed by atoms with Crippen molar-refractivity contribution in [1.82, 2.24) is 5.32 Å². The Morgan fingerprint density at radius 2 is 2.35 bits per heavy atom. The SMILES string of the molecule is C/C=C/C(=O)NCC1OCCc2ccccc21. The Kier molecular flexibility index (Phi) is 3.94. The number of nitrogens with one attached hydrogen (secondary N) is 1. The molecule has 1 aromatic rings. The summed E-state index contributed by atoms with van der Waals surface area (Å²) in [6.07, 6.45) is 4.18. The number of carbonyl (C=O) groups is 1. The first kappa shape index (κ1) is 11.9. The standard InChI is InChI=1S/C14H17NO2/c1-2-5-14(16)15-10-13-12-7-4-3-6-11(12)8-9-17-13/h2-7,13H,8-10H2,1H3,(H,15,16)/b5-2+. The van der Waals surface area contributed by atoms with E-state index in [1.165, 1.54) is 17.2 Å². The molecule has 0 spiro atoms. The van der Waals surface area contributed by atoms with Crippen LogP contribution in [0.1, 0.15) is 24.2 Å². The van der Waals surface area contributed by atoms with Crippen molar-refractivity contribution in [2.75, 3.05) is 13.2 Å². The van der Waals surface area contributed by atoms with Crippen LogP contribution in [0.3, 0.4) is 0 Å². The van der Waals surface area contributed by atoms with Crippen LogP contribution in [-0.2, 0) is 16.0 Å². The van der Waals surface area contributed by atoms with Gasteiger partial charge in [0, 0.05) is 6.54 Å². The summed E-state index contributed by atoms with van der Waals surface area (Å²) in [6.45, 7) is 3.08. The molecule has 3 nitrogen and oxygen atoms in total. The van der Waals surface area contributed by atoms with Crippen LogP contribution in [0.2, 0.25) is 0 Å². The van der Waals surface area contributed by atoms with Gasteiger partial charge in [0.05, 0.1) is 6.61 Å². The topological polar surface area (TPSA) is 38.3 Å². The number of benzene rings is 1. The van der Waals surface area contributed by atoms with Gasteiger partial charge in [0.1, 0.15) is 6.10 Å². The van der Waals surface area contributed by atoms with Crippen molar-refractivity contribution < 1.29 is 9.53 Å². The van der Waals surface area contributed by atoms with Gasteiger partial charge < -0.3 is 10.1 Å². The smallest absolute Gasteiger partial charge is 0.243 e. The number of allylic oxidation sites excluding steroid dienone is 1. The molecule has 0 aliphatic carbocycles. The predicted molar refractivity (Wildman–Crippen MR) is 66.7 cm³/mol. The number of hydrogen-bond acceptors (Lipinski definition) is 2. The highest BCUT2D eigenvalue weighted by molar-refractivity contribution is 5.87. The van der Waals surface area contributed by atoms with E-state index < -0.39 is 0 Å². The average molecular weight is 231 g/mol. The van der Waals surface area contributed by atoms with Crippen LogP contribution in [0, 0.1) is 0 Å². The Morgan fingerprint density at radius 3 is 3.18 bits per heavy atom. The van der Waals surface area contributed by atoms with E-state index in [0.29, 0.717) is 6.54 Å². The van der Waals surface area contributed by atoms with Gasteiger partial charge in [-0.1, -0.05) is 30.3 Å². The van der Waals surface area contributed by atoms with Crippen LogP contribution in [0.5, 0.6) is 0 Å². The van der Waals surface area contributed by atoms with E-state index in [1.54, 1.807) is 6.08 Å². The molecule has 0 fully saturated rings. The van der Waals surface area contributed by atoms with Crippen LogP contribution in [-0.4, -0.2) is 19.1 Å². The second-order valence-corrected chi connectivity index (χ2v) is 4.05. The average Bonchev–Trinajstić information content (AvgIpc) is 2.36. The molecular formula is C14H17NO2. The maximum Gasteiger partial charge on any atom is 0.243 e. The van der Waals surface area contributed by atoms with Gasteiger partial charge in [-0.25, -0.2) is 0 Å². The van der Waals surface area contributed by atoms with Crippen LogP contribution < -0.4 is 5.32 Å². The molecule has 17 heavy (non-hydrogen) atoms. The third-order valence-corrected chi connectivity index (χ3v) is 2.87. The second-order valence-electron chi connectivity index (χ2n) is 4.05. The van der Waals surface area contributed by atoms with Crippen molar-refractivity contribution in [1.29, 1.82) is 0 Å². The molecule has 90 valence electrons. The van der Waals surface area contributed by atoms with E-state index >= 15 is 0 Å². The fourth-order valence-electron chi connectivity index (χ4n) is 2.05. The molecule has 0 bridgehead atoms.